The number of aromatic nitrogens is 1. The number of nitrogens with one attached hydrogen (secondary N) is 1. The Labute approximate surface area is 189 Å². The molecular formula is C25H18ClN3OS. The average molecular weight is 444 g/mol. The van der Waals surface area contributed by atoms with E-state index in [0.717, 1.165) is 27.7 Å². The first-order valence-electron chi connectivity index (χ1n) is 9.71. The lowest BCUT2D eigenvalue weighted by molar-refractivity contribution is -0.115. The van der Waals surface area contributed by atoms with Gasteiger partial charge in [0, 0.05) is 28.4 Å². The first kappa shape index (κ1) is 20.9. The van der Waals surface area contributed by atoms with Gasteiger partial charge in [0.15, 0.2) is 0 Å². The van der Waals surface area contributed by atoms with Gasteiger partial charge in [0.1, 0.15) is 11.1 Å². The molecule has 0 fully saturated rings. The molecule has 1 N–H and O–H groups in total. The topological polar surface area (TPSA) is 65.8 Å². The number of carbonyl (C=O) groups excluding carboxylic acids is 1. The lowest BCUT2D eigenvalue weighted by atomic mass is 10.1. The predicted molar refractivity (Wildman–Crippen MR) is 127 cm³/mol. The Morgan fingerprint density at radius 1 is 1.00 bits per heavy atom. The maximum absolute atomic E-state index is 12.4. The molecule has 0 unspecified atom stereocenters. The van der Waals surface area contributed by atoms with Crippen LogP contribution in [0.4, 0.5) is 5.69 Å². The molecule has 0 aliphatic heterocycles. The molecule has 3 aromatic carbocycles. The zero-order chi connectivity index (χ0) is 21.6. The molecular weight excluding hydrogens is 426 g/mol. The summed E-state index contributed by atoms with van der Waals surface area (Å²) < 4.78 is 0. The fraction of sp³-hybridized carbons (Fsp3) is 0.0800. The molecule has 31 heavy (non-hydrogen) atoms. The number of halogens is 1. The lowest BCUT2D eigenvalue weighted by Gasteiger charge is -2.08. The Bertz CT molecular complexity index is 1280. The molecule has 6 heteroatoms. The maximum atomic E-state index is 12.4. The van der Waals surface area contributed by atoms with Gasteiger partial charge in [0.2, 0.25) is 5.91 Å². The van der Waals surface area contributed by atoms with E-state index in [1.165, 1.54) is 11.8 Å². The number of benzene rings is 3. The number of amides is 1. The quantitative estimate of drug-likeness (QED) is 0.343. The highest BCUT2D eigenvalue weighted by molar-refractivity contribution is 7.99. The summed E-state index contributed by atoms with van der Waals surface area (Å²) in [5.41, 5.74) is 2.95. The average Bonchev–Trinajstić information content (AvgIpc) is 2.79. The van der Waals surface area contributed by atoms with Gasteiger partial charge in [0.05, 0.1) is 11.3 Å². The van der Waals surface area contributed by atoms with Crippen molar-refractivity contribution in [3.8, 4) is 17.3 Å². The minimum Gasteiger partial charge on any atom is -0.326 e. The number of hydrogen-bond donors (Lipinski definition) is 1. The highest BCUT2D eigenvalue weighted by Crippen LogP contribution is 2.27. The van der Waals surface area contributed by atoms with E-state index in [2.05, 4.69) is 16.4 Å². The standard InChI is InChI=1S/C25H18ClN3OS/c26-21-9-5-18(6-10-21)23-12-8-20(16-27)25(29-23)31-14-13-24(30)28-22-11-7-17-3-1-2-4-19(17)15-22/h1-12,15H,13-14H2,(H,28,30). The summed E-state index contributed by atoms with van der Waals surface area (Å²) in [4.78, 5) is 17.0. The van der Waals surface area contributed by atoms with E-state index >= 15 is 0 Å². The molecule has 0 aliphatic rings. The first-order valence-corrected chi connectivity index (χ1v) is 11.1. The van der Waals surface area contributed by atoms with Gasteiger partial charge in [-0.2, -0.15) is 5.26 Å². The number of anilines is 1. The number of hydrogen-bond acceptors (Lipinski definition) is 4. The summed E-state index contributed by atoms with van der Waals surface area (Å²) in [7, 11) is 0. The van der Waals surface area contributed by atoms with E-state index < -0.39 is 0 Å². The summed E-state index contributed by atoms with van der Waals surface area (Å²) >= 11 is 7.36. The van der Waals surface area contributed by atoms with Crippen molar-refractivity contribution < 1.29 is 4.79 Å². The lowest BCUT2D eigenvalue weighted by Crippen LogP contribution is -2.12. The van der Waals surface area contributed by atoms with Crippen LogP contribution in [0.15, 0.2) is 83.9 Å². The highest BCUT2D eigenvalue weighted by atomic mass is 35.5. The molecule has 4 nitrogen and oxygen atoms in total. The Kier molecular flexibility index (Phi) is 6.51. The van der Waals surface area contributed by atoms with Crippen molar-refractivity contribution in [3.63, 3.8) is 0 Å². The molecule has 0 saturated heterocycles. The second-order valence-corrected chi connectivity index (χ2v) is 8.40. The van der Waals surface area contributed by atoms with Crippen LogP contribution in [0.5, 0.6) is 0 Å². The van der Waals surface area contributed by atoms with E-state index in [1.807, 2.05) is 60.7 Å². The Hall–Kier alpha value is -3.33. The number of rotatable bonds is 6. The van der Waals surface area contributed by atoms with Gasteiger partial charge in [0.25, 0.3) is 0 Å². The third-order valence-corrected chi connectivity index (χ3v) is 5.97. The van der Waals surface area contributed by atoms with Crippen molar-refractivity contribution in [2.75, 3.05) is 11.1 Å². The Morgan fingerprint density at radius 2 is 1.77 bits per heavy atom. The van der Waals surface area contributed by atoms with Crippen LogP contribution in [0.2, 0.25) is 5.02 Å². The molecule has 0 atom stereocenters. The van der Waals surface area contributed by atoms with Crippen molar-refractivity contribution in [1.29, 1.82) is 5.26 Å². The molecule has 4 rings (SSSR count). The van der Waals surface area contributed by atoms with Crippen molar-refractivity contribution in [2.45, 2.75) is 11.4 Å². The zero-order valence-electron chi connectivity index (χ0n) is 16.5. The third kappa shape index (κ3) is 5.24. The molecule has 0 aliphatic carbocycles. The number of thioether (sulfide) groups is 1. The van der Waals surface area contributed by atoms with Crippen molar-refractivity contribution in [2.24, 2.45) is 0 Å². The number of carbonyl (C=O) groups is 1. The van der Waals surface area contributed by atoms with Gasteiger partial charge in [-0.1, -0.05) is 54.1 Å². The van der Waals surface area contributed by atoms with Crippen LogP contribution >= 0.6 is 23.4 Å². The second-order valence-electron chi connectivity index (χ2n) is 6.88. The monoisotopic (exact) mass is 443 g/mol. The molecule has 0 saturated carbocycles. The van der Waals surface area contributed by atoms with Gasteiger partial charge >= 0.3 is 0 Å². The minimum absolute atomic E-state index is 0.0739. The van der Waals surface area contributed by atoms with E-state index in [0.29, 0.717) is 27.8 Å². The van der Waals surface area contributed by atoms with Crippen LogP contribution < -0.4 is 5.32 Å². The number of fused-ring (bicyclic) bond motifs is 1. The fourth-order valence-electron chi connectivity index (χ4n) is 3.15. The minimum atomic E-state index is -0.0739. The predicted octanol–water partition coefficient (Wildman–Crippen LogP) is 6.55. The number of pyridine rings is 1. The van der Waals surface area contributed by atoms with Gasteiger partial charge in [-0.05, 0) is 47.2 Å². The first-order chi connectivity index (χ1) is 15.1. The molecule has 0 spiro atoms. The molecule has 0 radical (unpaired) electrons. The van der Waals surface area contributed by atoms with Gasteiger partial charge < -0.3 is 5.32 Å². The van der Waals surface area contributed by atoms with Gasteiger partial charge in [-0.15, -0.1) is 11.8 Å². The second kappa shape index (κ2) is 9.65. The molecule has 152 valence electrons. The Balaban J connectivity index is 1.40. The van der Waals surface area contributed by atoms with Crippen LogP contribution in [-0.4, -0.2) is 16.6 Å². The van der Waals surface area contributed by atoms with E-state index in [-0.39, 0.29) is 5.91 Å². The summed E-state index contributed by atoms with van der Waals surface area (Å²) in [5.74, 6) is 0.445. The van der Waals surface area contributed by atoms with E-state index in [4.69, 9.17) is 11.6 Å². The normalized spacial score (nSPS) is 10.6. The van der Waals surface area contributed by atoms with Crippen molar-refractivity contribution in [1.82, 2.24) is 4.98 Å². The maximum Gasteiger partial charge on any atom is 0.225 e. The molecule has 1 amide bonds. The van der Waals surface area contributed by atoms with Gasteiger partial charge in [-0.25, -0.2) is 4.98 Å². The summed E-state index contributed by atoms with van der Waals surface area (Å²) in [6, 6.07) is 27.0. The van der Waals surface area contributed by atoms with Gasteiger partial charge in [-0.3, -0.25) is 4.79 Å². The number of nitriles is 1. The highest BCUT2D eigenvalue weighted by Gasteiger charge is 2.10. The van der Waals surface area contributed by atoms with Crippen molar-refractivity contribution in [3.05, 3.63) is 89.4 Å². The van der Waals surface area contributed by atoms with E-state index in [9.17, 15) is 10.1 Å². The van der Waals surface area contributed by atoms with Crippen LogP contribution in [0.3, 0.4) is 0 Å². The largest absolute Gasteiger partial charge is 0.326 e. The molecule has 4 aromatic rings. The van der Waals surface area contributed by atoms with E-state index in [1.54, 1.807) is 18.2 Å². The fourth-order valence-corrected chi connectivity index (χ4v) is 4.19. The summed E-state index contributed by atoms with van der Waals surface area (Å²) in [6.07, 6.45) is 0.315. The Morgan fingerprint density at radius 3 is 2.55 bits per heavy atom. The van der Waals surface area contributed by atoms with Crippen LogP contribution in [-0.2, 0) is 4.79 Å². The summed E-state index contributed by atoms with van der Waals surface area (Å²) in [6.45, 7) is 0. The van der Waals surface area contributed by atoms with Crippen LogP contribution in [0, 0.1) is 11.3 Å². The summed E-state index contributed by atoms with van der Waals surface area (Å²) in [5, 5.41) is 15.8. The zero-order valence-corrected chi connectivity index (χ0v) is 18.1. The SMILES string of the molecule is N#Cc1ccc(-c2ccc(Cl)cc2)nc1SCCC(=O)Nc1ccc2ccccc2c1. The molecule has 1 heterocycles. The van der Waals surface area contributed by atoms with Crippen LogP contribution in [0.25, 0.3) is 22.0 Å². The number of nitrogens with zero attached hydrogens (tertiary/aromatic N) is 2. The van der Waals surface area contributed by atoms with Crippen molar-refractivity contribution >= 4 is 45.7 Å². The molecule has 1 aromatic heterocycles. The third-order valence-electron chi connectivity index (χ3n) is 4.72. The van der Waals surface area contributed by atoms with Crippen LogP contribution in [0.1, 0.15) is 12.0 Å². The molecule has 0 bridgehead atoms. The smallest absolute Gasteiger partial charge is 0.225 e.